The molecule has 4 aliphatic carbocycles. The van der Waals surface area contributed by atoms with Crippen LogP contribution in [-0.2, 0) is 25.0 Å². The number of anilines is 2. The third-order valence-corrected chi connectivity index (χ3v) is 12.3. The normalized spacial score (nSPS) is 30.9. The zero-order valence-corrected chi connectivity index (χ0v) is 24.6. The molecule has 2 saturated heterocycles. The van der Waals surface area contributed by atoms with E-state index in [2.05, 4.69) is 17.4 Å². The van der Waals surface area contributed by atoms with Crippen molar-refractivity contribution in [3.63, 3.8) is 0 Å². The molecule has 0 spiro atoms. The third kappa shape index (κ3) is 4.89. The van der Waals surface area contributed by atoms with Crippen LogP contribution in [0.15, 0.2) is 47.4 Å². The van der Waals surface area contributed by atoms with Crippen LogP contribution in [0.1, 0.15) is 56.9 Å². The summed E-state index contributed by atoms with van der Waals surface area (Å²) in [7, 11) is -3.90. The number of nitrogens with one attached hydrogen (secondary N) is 1. The van der Waals surface area contributed by atoms with Gasteiger partial charge in [-0.1, -0.05) is 12.1 Å². The molecule has 1 unspecified atom stereocenters. The highest BCUT2D eigenvalue weighted by Gasteiger charge is 2.51. The minimum absolute atomic E-state index is 0.126. The van der Waals surface area contributed by atoms with Crippen molar-refractivity contribution in [2.45, 2.75) is 67.7 Å². The molecular weight excluding hydrogens is 556 g/mol. The lowest BCUT2D eigenvalue weighted by molar-refractivity contribution is -0.384. The van der Waals surface area contributed by atoms with Crippen molar-refractivity contribution in [3.8, 4) is 0 Å². The first-order valence-corrected chi connectivity index (χ1v) is 16.7. The quantitative estimate of drug-likeness (QED) is 0.365. The molecular formula is C31H38N4O6S. The van der Waals surface area contributed by atoms with Crippen molar-refractivity contribution in [1.29, 1.82) is 0 Å². The molecule has 4 saturated carbocycles. The van der Waals surface area contributed by atoms with Gasteiger partial charge in [0.1, 0.15) is 11.7 Å². The molecule has 2 heterocycles. The number of hydrogen-bond donors (Lipinski definition) is 1. The van der Waals surface area contributed by atoms with E-state index in [-0.39, 0.29) is 48.5 Å². The summed E-state index contributed by atoms with van der Waals surface area (Å²) in [5, 5.41) is 15.2. The molecule has 1 amide bonds. The second-order valence-corrected chi connectivity index (χ2v) is 15.0. The summed E-state index contributed by atoms with van der Waals surface area (Å²) in [6.07, 6.45) is 9.31. The molecule has 10 nitrogen and oxygen atoms in total. The van der Waals surface area contributed by atoms with Crippen molar-refractivity contribution in [1.82, 2.24) is 4.31 Å². The van der Waals surface area contributed by atoms with Crippen LogP contribution in [0.4, 0.5) is 17.1 Å². The van der Waals surface area contributed by atoms with E-state index in [0.29, 0.717) is 24.8 Å². The van der Waals surface area contributed by atoms with Gasteiger partial charge in [-0.15, -0.1) is 0 Å². The number of sulfonamides is 1. The summed E-state index contributed by atoms with van der Waals surface area (Å²) in [6, 6.07) is 11.8. The Bertz CT molecular complexity index is 1450. The predicted octanol–water partition coefficient (Wildman–Crippen LogP) is 4.69. The first-order chi connectivity index (χ1) is 20.2. The van der Waals surface area contributed by atoms with Crippen LogP contribution in [0.25, 0.3) is 0 Å². The van der Waals surface area contributed by atoms with E-state index in [0.717, 1.165) is 29.5 Å². The largest absolute Gasteiger partial charge is 0.379 e. The van der Waals surface area contributed by atoms with Gasteiger partial charge in [0.05, 0.1) is 23.0 Å². The molecule has 1 atom stereocenters. The fourth-order valence-corrected chi connectivity index (χ4v) is 10.3. The number of nitrogens with zero attached hydrogens (tertiary/aromatic N) is 3. The molecule has 6 aliphatic rings. The Kier molecular flexibility index (Phi) is 7.02. The van der Waals surface area contributed by atoms with Gasteiger partial charge >= 0.3 is 0 Å². The molecule has 0 radical (unpaired) electrons. The second kappa shape index (κ2) is 10.6. The van der Waals surface area contributed by atoms with Crippen molar-refractivity contribution >= 4 is 33.0 Å². The molecule has 11 heteroatoms. The lowest BCUT2D eigenvalue weighted by Crippen LogP contribution is -2.48. The van der Waals surface area contributed by atoms with E-state index >= 15 is 0 Å². The van der Waals surface area contributed by atoms with Crippen molar-refractivity contribution in [2.75, 3.05) is 43.1 Å². The number of carbonyl (C=O) groups excluding carboxylic acids is 1. The zero-order valence-electron chi connectivity index (χ0n) is 23.7. The number of amides is 1. The van der Waals surface area contributed by atoms with Gasteiger partial charge in [-0.2, -0.15) is 4.31 Å². The fourth-order valence-electron chi connectivity index (χ4n) is 8.91. The van der Waals surface area contributed by atoms with E-state index in [1.807, 2.05) is 12.1 Å². The molecule has 8 rings (SSSR count). The Balaban J connectivity index is 1.08. The van der Waals surface area contributed by atoms with E-state index in [4.69, 9.17) is 4.74 Å². The monoisotopic (exact) mass is 594 g/mol. The highest BCUT2D eigenvalue weighted by molar-refractivity contribution is 7.89. The standard InChI is InChI=1S/C31H38N4O6S/c36-30(32-25-5-3-24(4-6-25)31-18-21-14-22(19-31)16-23(15-21)20-31)28-2-1-9-34(28)27-8-7-26(17-29(27)35(37)38)42(39,40)33-10-12-41-13-11-33/h3-8,17,21-23,28H,1-2,9-16,18-20H2,(H,32,36). The second-order valence-electron chi connectivity index (χ2n) is 13.0. The summed E-state index contributed by atoms with van der Waals surface area (Å²) < 4.78 is 32.8. The first kappa shape index (κ1) is 27.8. The van der Waals surface area contributed by atoms with Crippen molar-refractivity contribution in [2.24, 2.45) is 17.8 Å². The first-order valence-electron chi connectivity index (χ1n) is 15.3. The van der Waals surface area contributed by atoms with Gasteiger partial charge in [-0.3, -0.25) is 14.9 Å². The van der Waals surface area contributed by atoms with Crippen LogP contribution in [0.2, 0.25) is 0 Å². The lowest BCUT2D eigenvalue weighted by atomic mass is 9.48. The number of carbonyl (C=O) groups is 1. The minimum Gasteiger partial charge on any atom is -0.379 e. The molecule has 224 valence electrons. The summed E-state index contributed by atoms with van der Waals surface area (Å²) in [5.41, 5.74) is 2.35. The molecule has 0 aromatic heterocycles. The number of nitro groups is 1. The Hall–Kier alpha value is -3.02. The van der Waals surface area contributed by atoms with Crippen LogP contribution in [0.5, 0.6) is 0 Å². The van der Waals surface area contributed by atoms with Crippen LogP contribution >= 0.6 is 0 Å². The molecule has 2 aromatic carbocycles. The Morgan fingerprint density at radius 3 is 2.21 bits per heavy atom. The fraction of sp³-hybridized carbons (Fsp3) is 0.581. The zero-order chi connectivity index (χ0) is 29.1. The van der Waals surface area contributed by atoms with Crippen LogP contribution in [0, 0.1) is 27.9 Å². The molecule has 1 N–H and O–H groups in total. The van der Waals surface area contributed by atoms with Crippen LogP contribution < -0.4 is 10.2 Å². The number of morpholine rings is 1. The topological polar surface area (TPSA) is 122 Å². The Morgan fingerprint density at radius 2 is 1.60 bits per heavy atom. The van der Waals surface area contributed by atoms with E-state index in [9.17, 15) is 23.3 Å². The molecule has 6 fully saturated rings. The maximum absolute atomic E-state index is 13.5. The molecule has 2 aromatic rings. The smallest absolute Gasteiger partial charge is 0.293 e. The SMILES string of the molecule is O=C(Nc1ccc(C23CC4CC(CC(C4)C2)C3)cc1)C1CCCN1c1ccc(S(=O)(=O)N2CCOCC2)cc1[N+](=O)[O-]. The van der Waals surface area contributed by atoms with Gasteiger partial charge in [0.15, 0.2) is 0 Å². The van der Waals surface area contributed by atoms with Gasteiger partial charge in [0.25, 0.3) is 5.69 Å². The average Bonchev–Trinajstić information content (AvgIpc) is 3.47. The number of hydrogen-bond acceptors (Lipinski definition) is 7. The average molecular weight is 595 g/mol. The third-order valence-electron chi connectivity index (χ3n) is 10.4. The lowest BCUT2D eigenvalue weighted by Gasteiger charge is -2.57. The number of ether oxygens (including phenoxy) is 1. The molecule has 4 bridgehead atoms. The summed E-state index contributed by atoms with van der Waals surface area (Å²) in [4.78, 5) is 26.6. The van der Waals surface area contributed by atoms with Crippen LogP contribution in [-0.4, -0.2) is 62.4 Å². The number of rotatable bonds is 7. The Labute approximate surface area is 246 Å². The van der Waals surface area contributed by atoms with Crippen molar-refractivity contribution in [3.05, 3.63) is 58.1 Å². The number of nitro benzene ring substituents is 1. The van der Waals surface area contributed by atoms with Crippen LogP contribution in [0.3, 0.4) is 0 Å². The summed E-state index contributed by atoms with van der Waals surface area (Å²) in [6.45, 7) is 1.45. The molecule has 42 heavy (non-hydrogen) atoms. The number of benzene rings is 2. The van der Waals surface area contributed by atoms with Gasteiger partial charge in [-0.25, -0.2) is 8.42 Å². The highest BCUT2D eigenvalue weighted by atomic mass is 32.2. The van der Waals surface area contributed by atoms with Gasteiger partial charge in [0, 0.05) is 31.4 Å². The van der Waals surface area contributed by atoms with E-state index < -0.39 is 21.0 Å². The maximum Gasteiger partial charge on any atom is 0.293 e. The van der Waals surface area contributed by atoms with Gasteiger partial charge < -0.3 is 15.0 Å². The Morgan fingerprint density at radius 1 is 0.952 bits per heavy atom. The molecule has 2 aliphatic heterocycles. The van der Waals surface area contributed by atoms with Gasteiger partial charge in [0.2, 0.25) is 15.9 Å². The van der Waals surface area contributed by atoms with Crippen molar-refractivity contribution < 1.29 is 22.9 Å². The maximum atomic E-state index is 13.5. The van der Waals surface area contributed by atoms with E-state index in [1.54, 1.807) is 4.90 Å². The predicted molar refractivity (Wildman–Crippen MR) is 158 cm³/mol. The van der Waals surface area contributed by atoms with Gasteiger partial charge in [-0.05, 0) is 104 Å². The minimum atomic E-state index is -3.90. The summed E-state index contributed by atoms with van der Waals surface area (Å²) >= 11 is 0. The highest BCUT2D eigenvalue weighted by Crippen LogP contribution is 2.60. The summed E-state index contributed by atoms with van der Waals surface area (Å²) in [5.74, 6) is 2.37. The van der Waals surface area contributed by atoms with E-state index in [1.165, 1.54) is 60.5 Å².